The lowest BCUT2D eigenvalue weighted by molar-refractivity contribution is -0.191. The molecule has 4 nitrogen and oxygen atoms in total. The van der Waals surface area contributed by atoms with Crippen molar-refractivity contribution in [2.24, 2.45) is 5.41 Å². The van der Waals surface area contributed by atoms with Crippen LogP contribution in [0.25, 0.3) is 10.8 Å². The van der Waals surface area contributed by atoms with E-state index in [-0.39, 0.29) is 18.2 Å². The van der Waals surface area contributed by atoms with Gasteiger partial charge in [-0.2, -0.15) is 13.2 Å². The van der Waals surface area contributed by atoms with E-state index in [2.05, 4.69) is 5.43 Å². The summed E-state index contributed by atoms with van der Waals surface area (Å²) in [6.45, 7) is 6.95. The Kier molecular flexibility index (Phi) is 4.84. The molecule has 1 aliphatic heterocycles. The van der Waals surface area contributed by atoms with Crippen molar-refractivity contribution in [2.45, 2.75) is 46.0 Å². The number of halogens is 3. The molecule has 1 amide bonds. The molecule has 1 atom stereocenters. The number of hydrogen-bond donors (Lipinski definition) is 1. The lowest BCUT2D eigenvalue weighted by Gasteiger charge is -2.30. The fourth-order valence-corrected chi connectivity index (χ4v) is 3.36. The predicted molar refractivity (Wildman–Crippen MR) is 97.1 cm³/mol. The van der Waals surface area contributed by atoms with Gasteiger partial charge in [0.2, 0.25) is 5.91 Å². The molecule has 2 aromatic rings. The van der Waals surface area contributed by atoms with Gasteiger partial charge in [0.25, 0.3) is 0 Å². The Balaban J connectivity index is 2.12. The molecular weight excluding hydrogens is 357 g/mol. The van der Waals surface area contributed by atoms with Crippen LogP contribution in [0.3, 0.4) is 0 Å². The third-order valence-corrected chi connectivity index (χ3v) is 4.60. The first-order chi connectivity index (χ1) is 12.5. The highest BCUT2D eigenvalue weighted by atomic mass is 19.4. The maximum absolute atomic E-state index is 14.1. The van der Waals surface area contributed by atoms with E-state index < -0.39 is 23.5 Å². The number of hydrogen-bond acceptors (Lipinski definition) is 3. The van der Waals surface area contributed by atoms with Crippen molar-refractivity contribution in [3.05, 3.63) is 42.0 Å². The second-order valence-corrected chi connectivity index (χ2v) is 7.79. The Morgan fingerprint density at radius 1 is 1.19 bits per heavy atom. The Labute approximate surface area is 156 Å². The van der Waals surface area contributed by atoms with Gasteiger partial charge in [-0.15, -0.1) is 0 Å². The fourth-order valence-electron chi connectivity index (χ4n) is 3.36. The van der Waals surface area contributed by atoms with Gasteiger partial charge in [-0.25, -0.2) is 5.01 Å². The Hall–Kier alpha value is -2.28. The van der Waals surface area contributed by atoms with Gasteiger partial charge in [-0.1, -0.05) is 24.3 Å². The van der Waals surface area contributed by atoms with Gasteiger partial charge in [0.15, 0.2) is 6.04 Å². The zero-order valence-electron chi connectivity index (χ0n) is 15.7. The summed E-state index contributed by atoms with van der Waals surface area (Å²) < 4.78 is 47.8. The van der Waals surface area contributed by atoms with Crippen LogP contribution in [-0.4, -0.2) is 29.7 Å². The van der Waals surface area contributed by atoms with Crippen molar-refractivity contribution in [2.75, 3.05) is 6.54 Å². The number of carbonyl (C=O) groups excluding carboxylic acids is 1. The van der Waals surface area contributed by atoms with E-state index in [1.54, 1.807) is 44.2 Å². The van der Waals surface area contributed by atoms with E-state index >= 15 is 0 Å². The van der Waals surface area contributed by atoms with E-state index in [0.717, 1.165) is 5.01 Å². The number of alkyl halides is 3. The quantitative estimate of drug-likeness (QED) is 0.843. The molecule has 0 aliphatic carbocycles. The Morgan fingerprint density at radius 2 is 1.89 bits per heavy atom. The molecule has 1 fully saturated rings. The first-order valence-corrected chi connectivity index (χ1v) is 8.83. The predicted octanol–water partition coefficient (Wildman–Crippen LogP) is 4.60. The molecule has 0 radical (unpaired) electrons. The molecule has 7 heteroatoms. The molecular formula is C20H23F3N2O2. The topological polar surface area (TPSA) is 41.6 Å². The van der Waals surface area contributed by atoms with Crippen LogP contribution in [0.5, 0.6) is 5.75 Å². The summed E-state index contributed by atoms with van der Waals surface area (Å²) in [4.78, 5) is 12.1. The summed E-state index contributed by atoms with van der Waals surface area (Å²) in [6.07, 6.45) is -4.65. The molecule has 1 heterocycles. The average molecular weight is 380 g/mol. The monoisotopic (exact) mass is 380 g/mol. The third-order valence-electron chi connectivity index (χ3n) is 4.60. The molecule has 0 saturated carbocycles. The summed E-state index contributed by atoms with van der Waals surface area (Å²) in [7, 11) is 0. The zero-order chi connectivity index (χ0) is 20.0. The van der Waals surface area contributed by atoms with Crippen LogP contribution in [0.4, 0.5) is 13.2 Å². The van der Waals surface area contributed by atoms with Crippen LogP contribution in [0.1, 0.15) is 39.3 Å². The largest absolute Gasteiger partial charge is 0.491 e. The van der Waals surface area contributed by atoms with Crippen molar-refractivity contribution in [1.29, 1.82) is 0 Å². The van der Waals surface area contributed by atoms with Crippen molar-refractivity contribution in [1.82, 2.24) is 10.4 Å². The lowest BCUT2D eigenvalue weighted by atomic mass is 9.93. The van der Waals surface area contributed by atoms with Gasteiger partial charge >= 0.3 is 6.18 Å². The number of hydrazine groups is 1. The summed E-state index contributed by atoms with van der Waals surface area (Å²) in [6, 6.07) is 8.00. The van der Waals surface area contributed by atoms with E-state index in [0.29, 0.717) is 16.5 Å². The van der Waals surface area contributed by atoms with Crippen LogP contribution in [0, 0.1) is 5.41 Å². The second kappa shape index (κ2) is 6.71. The molecule has 0 aromatic heterocycles. The van der Waals surface area contributed by atoms with Crippen molar-refractivity contribution >= 4 is 16.7 Å². The molecule has 146 valence electrons. The molecule has 0 bridgehead atoms. The Morgan fingerprint density at radius 3 is 2.44 bits per heavy atom. The minimum Gasteiger partial charge on any atom is -0.491 e. The van der Waals surface area contributed by atoms with E-state index in [9.17, 15) is 18.0 Å². The van der Waals surface area contributed by atoms with Crippen LogP contribution >= 0.6 is 0 Å². The number of amides is 1. The number of nitrogens with zero attached hydrogens (tertiary/aromatic N) is 1. The highest BCUT2D eigenvalue weighted by molar-refractivity contribution is 5.88. The smallest absolute Gasteiger partial charge is 0.409 e. The maximum Gasteiger partial charge on any atom is 0.409 e. The third kappa shape index (κ3) is 3.88. The van der Waals surface area contributed by atoms with E-state index in [1.807, 2.05) is 13.8 Å². The van der Waals surface area contributed by atoms with Crippen LogP contribution in [-0.2, 0) is 4.79 Å². The van der Waals surface area contributed by atoms with Gasteiger partial charge in [0, 0.05) is 6.54 Å². The SMILES string of the molecule is CC(C)Oc1ccc2cccc(C(N3CC(C)(C)C(=O)N3)C(F)(F)F)c2c1. The average Bonchev–Trinajstić information content (AvgIpc) is 2.79. The second-order valence-electron chi connectivity index (χ2n) is 7.79. The maximum atomic E-state index is 14.1. The summed E-state index contributed by atoms with van der Waals surface area (Å²) in [5, 5.41) is 2.13. The molecule has 1 unspecified atom stereocenters. The van der Waals surface area contributed by atoms with E-state index in [4.69, 9.17) is 4.74 Å². The molecule has 2 aromatic carbocycles. The van der Waals surface area contributed by atoms with Crippen LogP contribution in [0.15, 0.2) is 36.4 Å². The van der Waals surface area contributed by atoms with Gasteiger partial charge in [0.05, 0.1) is 11.5 Å². The first kappa shape index (κ1) is 19.5. The van der Waals surface area contributed by atoms with Gasteiger partial charge < -0.3 is 4.74 Å². The summed E-state index contributed by atoms with van der Waals surface area (Å²) >= 11 is 0. The fraction of sp³-hybridized carbons (Fsp3) is 0.450. The van der Waals surface area contributed by atoms with Gasteiger partial charge in [0.1, 0.15) is 5.75 Å². The van der Waals surface area contributed by atoms with Crippen LogP contribution < -0.4 is 10.2 Å². The van der Waals surface area contributed by atoms with Crippen molar-refractivity contribution < 1.29 is 22.7 Å². The van der Waals surface area contributed by atoms with Crippen LogP contribution in [0.2, 0.25) is 0 Å². The summed E-state index contributed by atoms with van der Waals surface area (Å²) in [5.74, 6) is 0.0949. The molecule has 27 heavy (non-hydrogen) atoms. The normalized spacial score (nSPS) is 18.7. The van der Waals surface area contributed by atoms with Crippen molar-refractivity contribution in [3.8, 4) is 5.75 Å². The molecule has 3 rings (SSSR count). The lowest BCUT2D eigenvalue weighted by Crippen LogP contribution is -2.43. The number of ether oxygens (including phenoxy) is 1. The van der Waals surface area contributed by atoms with Gasteiger partial charge in [-0.3, -0.25) is 10.2 Å². The number of carbonyl (C=O) groups is 1. The van der Waals surface area contributed by atoms with Crippen molar-refractivity contribution in [3.63, 3.8) is 0 Å². The minimum atomic E-state index is -4.56. The molecule has 1 aliphatic rings. The molecule has 0 spiro atoms. The minimum absolute atomic E-state index is 0.0332. The number of fused-ring (bicyclic) bond motifs is 1. The summed E-state index contributed by atoms with van der Waals surface area (Å²) in [5.41, 5.74) is 1.61. The van der Waals surface area contributed by atoms with Gasteiger partial charge in [-0.05, 0) is 56.2 Å². The Bertz CT molecular complexity index is 862. The van der Waals surface area contributed by atoms with E-state index in [1.165, 1.54) is 6.07 Å². The molecule has 1 saturated heterocycles. The zero-order valence-corrected chi connectivity index (χ0v) is 15.7. The first-order valence-electron chi connectivity index (χ1n) is 8.83. The molecule has 1 N–H and O–H groups in total. The number of nitrogens with one attached hydrogen (secondary N) is 1. The standard InChI is InChI=1S/C20H23F3N2O2/c1-12(2)27-14-9-8-13-6-5-7-15(16(13)10-14)17(20(21,22)23)25-11-19(3,4)18(26)24-25/h5-10,12,17H,11H2,1-4H3,(H,24,26). The highest BCUT2D eigenvalue weighted by Gasteiger charge is 2.51. The highest BCUT2D eigenvalue weighted by Crippen LogP contribution is 2.43. The number of rotatable bonds is 4. The number of benzene rings is 2.